The van der Waals surface area contributed by atoms with Gasteiger partial charge in [0.25, 0.3) is 0 Å². The molecule has 1 N–H and O–H groups in total. The van der Waals surface area contributed by atoms with Crippen molar-refractivity contribution >= 4 is 37.7 Å². The number of nitrogens with one attached hydrogen (secondary N) is 1. The van der Waals surface area contributed by atoms with Gasteiger partial charge in [-0.1, -0.05) is 42.5 Å². The molecule has 0 aliphatic carbocycles. The molecular formula is C17H13BrN2. The lowest BCUT2D eigenvalue weighted by molar-refractivity contribution is 1.41. The molecule has 0 fully saturated rings. The van der Waals surface area contributed by atoms with Gasteiger partial charge in [-0.2, -0.15) is 0 Å². The lowest BCUT2D eigenvalue weighted by Crippen LogP contribution is -1.73. The van der Waals surface area contributed by atoms with E-state index in [1.807, 2.05) is 42.6 Å². The van der Waals surface area contributed by atoms with Gasteiger partial charge in [-0.15, -0.1) is 0 Å². The first-order valence-electron chi connectivity index (χ1n) is 6.36. The third-order valence-corrected chi connectivity index (χ3v) is 3.44. The molecule has 2 nitrogen and oxygen atoms in total. The van der Waals surface area contributed by atoms with E-state index in [0.29, 0.717) is 0 Å². The Labute approximate surface area is 125 Å². The fraction of sp³-hybridized carbons (Fsp3) is 0. The summed E-state index contributed by atoms with van der Waals surface area (Å²) >= 11 is 3.37. The molecule has 4 aromatic rings. The fourth-order valence-corrected chi connectivity index (χ4v) is 2.51. The Balaban J connectivity index is 0.000000121. The van der Waals surface area contributed by atoms with Crippen LogP contribution in [0.2, 0.25) is 0 Å². The second kappa shape index (κ2) is 5.88. The van der Waals surface area contributed by atoms with E-state index in [4.69, 9.17) is 0 Å². The van der Waals surface area contributed by atoms with Crippen molar-refractivity contribution in [1.29, 1.82) is 0 Å². The average Bonchev–Trinajstić information content (AvgIpc) is 2.88. The third kappa shape index (κ3) is 2.89. The van der Waals surface area contributed by atoms with Crippen LogP contribution < -0.4 is 0 Å². The molecule has 0 amide bonds. The van der Waals surface area contributed by atoms with Crippen LogP contribution in [0.1, 0.15) is 0 Å². The number of aromatic amines is 1. The van der Waals surface area contributed by atoms with E-state index < -0.39 is 0 Å². The topological polar surface area (TPSA) is 28.7 Å². The van der Waals surface area contributed by atoms with Gasteiger partial charge in [0, 0.05) is 22.5 Å². The molecule has 0 unspecified atom stereocenters. The molecular weight excluding hydrogens is 312 g/mol. The molecule has 0 saturated carbocycles. The number of nitrogens with zero attached hydrogens (tertiary/aromatic N) is 1. The van der Waals surface area contributed by atoms with Gasteiger partial charge >= 0.3 is 0 Å². The van der Waals surface area contributed by atoms with Crippen LogP contribution in [-0.2, 0) is 0 Å². The van der Waals surface area contributed by atoms with E-state index in [9.17, 15) is 0 Å². The smallest absolute Gasteiger partial charge is 0.0830 e. The number of H-pyrrole nitrogens is 1. The quantitative estimate of drug-likeness (QED) is 0.475. The standard InChI is InChI=1S/C9H7N.C8H6BrN/c1-2-6-9-8(4-1)5-3-7-10-9;9-8-5-6-3-1-2-4-7(6)10-8/h1-7H;1-5,10H. The molecule has 0 atom stereocenters. The zero-order valence-corrected chi connectivity index (χ0v) is 12.3. The normalized spacial score (nSPS) is 10.2. The highest BCUT2D eigenvalue weighted by Crippen LogP contribution is 2.17. The molecule has 20 heavy (non-hydrogen) atoms. The molecule has 98 valence electrons. The van der Waals surface area contributed by atoms with Crippen LogP contribution >= 0.6 is 15.9 Å². The first-order chi connectivity index (χ1) is 9.83. The van der Waals surface area contributed by atoms with E-state index in [-0.39, 0.29) is 0 Å². The van der Waals surface area contributed by atoms with Crippen molar-refractivity contribution in [2.75, 3.05) is 0 Å². The Kier molecular flexibility index (Phi) is 3.79. The van der Waals surface area contributed by atoms with Crippen molar-refractivity contribution in [3.05, 3.63) is 77.5 Å². The number of hydrogen-bond donors (Lipinski definition) is 1. The summed E-state index contributed by atoms with van der Waals surface area (Å²) < 4.78 is 1.04. The van der Waals surface area contributed by atoms with Crippen LogP contribution in [0.5, 0.6) is 0 Å². The highest BCUT2D eigenvalue weighted by molar-refractivity contribution is 9.10. The van der Waals surface area contributed by atoms with Crippen molar-refractivity contribution in [2.45, 2.75) is 0 Å². The Morgan fingerprint density at radius 3 is 2.30 bits per heavy atom. The van der Waals surface area contributed by atoms with E-state index in [1.54, 1.807) is 0 Å². The van der Waals surface area contributed by atoms with Crippen LogP contribution in [0, 0.1) is 0 Å². The SMILES string of the molecule is Brc1cc2ccccc2[nH]1.c1ccc2ncccc2c1. The number of rotatable bonds is 0. The number of hydrogen-bond acceptors (Lipinski definition) is 1. The molecule has 0 aliphatic heterocycles. The van der Waals surface area contributed by atoms with Gasteiger partial charge in [0.15, 0.2) is 0 Å². The number of halogens is 1. The zero-order chi connectivity index (χ0) is 13.8. The molecule has 2 aromatic carbocycles. The minimum atomic E-state index is 1.04. The Hall–Kier alpha value is -2.13. The molecule has 2 aromatic heterocycles. The maximum atomic E-state index is 4.18. The first kappa shape index (κ1) is 12.9. The second-order valence-electron chi connectivity index (χ2n) is 4.40. The number of benzene rings is 2. The maximum Gasteiger partial charge on any atom is 0.0830 e. The molecule has 0 bridgehead atoms. The Morgan fingerprint density at radius 2 is 1.50 bits per heavy atom. The van der Waals surface area contributed by atoms with Gasteiger partial charge in [0.1, 0.15) is 0 Å². The molecule has 3 heteroatoms. The molecule has 0 radical (unpaired) electrons. The second-order valence-corrected chi connectivity index (χ2v) is 5.25. The first-order valence-corrected chi connectivity index (χ1v) is 7.15. The summed E-state index contributed by atoms with van der Waals surface area (Å²) in [7, 11) is 0. The number of pyridine rings is 1. The van der Waals surface area contributed by atoms with Crippen molar-refractivity contribution in [2.24, 2.45) is 0 Å². The van der Waals surface area contributed by atoms with Crippen LogP contribution in [-0.4, -0.2) is 9.97 Å². The summed E-state index contributed by atoms with van der Waals surface area (Å²) in [6, 6.07) is 22.3. The van der Waals surface area contributed by atoms with Crippen molar-refractivity contribution in [1.82, 2.24) is 9.97 Å². The summed E-state index contributed by atoms with van der Waals surface area (Å²) in [5.74, 6) is 0. The Bertz CT molecular complexity index is 738. The largest absolute Gasteiger partial charge is 0.349 e. The molecule has 2 heterocycles. The van der Waals surface area contributed by atoms with Gasteiger partial charge in [0.2, 0.25) is 0 Å². The number of aromatic nitrogens is 2. The highest BCUT2D eigenvalue weighted by Gasteiger charge is 1.93. The minimum absolute atomic E-state index is 1.04. The van der Waals surface area contributed by atoms with Crippen LogP contribution in [0.25, 0.3) is 21.8 Å². The summed E-state index contributed by atoms with van der Waals surface area (Å²) in [6.45, 7) is 0. The van der Waals surface area contributed by atoms with E-state index in [1.165, 1.54) is 16.3 Å². The summed E-state index contributed by atoms with van der Waals surface area (Å²) in [6.07, 6.45) is 1.81. The lowest BCUT2D eigenvalue weighted by Gasteiger charge is -1.91. The fourth-order valence-electron chi connectivity index (χ4n) is 2.05. The van der Waals surface area contributed by atoms with Gasteiger partial charge in [-0.3, -0.25) is 4.98 Å². The predicted molar refractivity (Wildman–Crippen MR) is 87.7 cm³/mol. The zero-order valence-electron chi connectivity index (χ0n) is 10.8. The van der Waals surface area contributed by atoms with Gasteiger partial charge in [-0.05, 0) is 40.2 Å². The van der Waals surface area contributed by atoms with Gasteiger partial charge in [0.05, 0.1) is 10.1 Å². The van der Waals surface area contributed by atoms with Gasteiger partial charge in [-0.25, -0.2) is 0 Å². The third-order valence-electron chi connectivity index (χ3n) is 3.01. The van der Waals surface area contributed by atoms with Crippen LogP contribution in [0.4, 0.5) is 0 Å². The summed E-state index contributed by atoms with van der Waals surface area (Å²) in [5.41, 5.74) is 2.24. The van der Waals surface area contributed by atoms with Gasteiger partial charge < -0.3 is 4.98 Å². The molecule has 0 aliphatic rings. The minimum Gasteiger partial charge on any atom is -0.349 e. The van der Waals surface area contributed by atoms with Crippen molar-refractivity contribution in [3.63, 3.8) is 0 Å². The van der Waals surface area contributed by atoms with Crippen LogP contribution in [0.15, 0.2) is 77.5 Å². The molecule has 0 spiro atoms. The van der Waals surface area contributed by atoms with Crippen molar-refractivity contribution < 1.29 is 0 Å². The summed E-state index contributed by atoms with van der Waals surface area (Å²) in [5, 5.41) is 2.44. The highest BCUT2D eigenvalue weighted by atomic mass is 79.9. The maximum absolute atomic E-state index is 4.18. The number of fused-ring (bicyclic) bond motifs is 2. The van der Waals surface area contributed by atoms with E-state index >= 15 is 0 Å². The number of para-hydroxylation sites is 2. The summed E-state index contributed by atoms with van der Waals surface area (Å²) in [4.78, 5) is 7.36. The predicted octanol–water partition coefficient (Wildman–Crippen LogP) is 5.17. The lowest BCUT2D eigenvalue weighted by atomic mass is 10.2. The Morgan fingerprint density at radius 1 is 0.800 bits per heavy atom. The average molecular weight is 325 g/mol. The monoisotopic (exact) mass is 324 g/mol. The van der Waals surface area contributed by atoms with E-state index in [2.05, 4.69) is 56.2 Å². The van der Waals surface area contributed by atoms with E-state index in [0.717, 1.165) is 10.1 Å². The molecule has 4 rings (SSSR count). The van der Waals surface area contributed by atoms with Crippen molar-refractivity contribution in [3.8, 4) is 0 Å². The van der Waals surface area contributed by atoms with Crippen LogP contribution in [0.3, 0.4) is 0 Å². The molecule has 0 saturated heterocycles.